The molecular weight excluding hydrogens is 412 g/mol. The zero-order valence-corrected chi connectivity index (χ0v) is 16.1. The van der Waals surface area contributed by atoms with Gasteiger partial charge in [-0.1, -0.05) is 65.1 Å². The molecule has 0 radical (unpaired) electrons. The van der Waals surface area contributed by atoms with Gasteiger partial charge in [-0.2, -0.15) is 4.67 Å². The standard InChI is InChI=1S/C16H23INO3P/c1-3-20-22(19,21-4-2)18-15(13-17)11-8-12-16(18)14-9-6-5-7-10-14/h5-11,15-16H,3-4,12-13H2,1-2H3/t15-,16+/m1/s1. The van der Waals surface area contributed by atoms with Crippen molar-refractivity contribution in [2.75, 3.05) is 17.6 Å². The molecule has 1 aliphatic heterocycles. The van der Waals surface area contributed by atoms with E-state index in [1.807, 2.05) is 36.7 Å². The average Bonchev–Trinajstić information content (AvgIpc) is 2.55. The van der Waals surface area contributed by atoms with Gasteiger partial charge in [-0.05, 0) is 25.8 Å². The Morgan fingerprint density at radius 3 is 2.41 bits per heavy atom. The molecule has 122 valence electrons. The van der Waals surface area contributed by atoms with Gasteiger partial charge < -0.3 is 0 Å². The van der Waals surface area contributed by atoms with Crippen molar-refractivity contribution in [3.8, 4) is 0 Å². The Morgan fingerprint density at radius 1 is 1.23 bits per heavy atom. The molecule has 1 heterocycles. The minimum atomic E-state index is -3.31. The molecule has 0 N–H and O–H groups in total. The first-order valence-electron chi connectivity index (χ1n) is 7.61. The molecule has 0 fully saturated rings. The van der Waals surface area contributed by atoms with Crippen molar-refractivity contribution in [2.24, 2.45) is 0 Å². The molecule has 0 bridgehead atoms. The number of rotatable bonds is 7. The summed E-state index contributed by atoms with van der Waals surface area (Å²) in [6, 6.07) is 10.2. The van der Waals surface area contributed by atoms with Gasteiger partial charge in [-0.25, -0.2) is 4.57 Å². The SMILES string of the molecule is CCOP(=O)(OCC)N1[C@@H](CI)C=CC[C@H]1c1ccccc1. The first-order chi connectivity index (χ1) is 10.7. The maximum Gasteiger partial charge on any atom is 0.409 e. The molecular formula is C16H23INO3P. The van der Waals surface area contributed by atoms with Crippen LogP contribution in [-0.4, -0.2) is 28.4 Å². The largest absolute Gasteiger partial charge is 0.409 e. The first kappa shape index (κ1) is 18.1. The summed E-state index contributed by atoms with van der Waals surface area (Å²) >= 11 is 2.32. The molecule has 2 rings (SSSR count). The van der Waals surface area contributed by atoms with Crippen molar-refractivity contribution in [2.45, 2.75) is 32.4 Å². The quantitative estimate of drug-likeness (QED) is 0.262. The average molecular weight is 435 g/mol. The number of hydrogen-bond donors (Lipinski definition) is 0. The lowest BCUT2D eigenvalue weighted by Gasteiger charge is -2.41. The van der Waals surface area contributed by atoms with Crippen molar-refractivity contribution in [1.29, 1.82) is 0 Å². The molecule has 4 nitrogen and oxygen atoms in total. The fourth-order valence-corrected chi connectivity index (χ4v) is 5.84. The third kappa shape index (κ3) is 4.01. The third-order valence-electron chi connectivity index (χ3n) is 3.59. The molecule has 0 spiro atoms. The van der Waals surface area contributed by atoms with Crippen LogP contribution < -0.4 is 0 Å². The Balaban J connectivity index is 2.43. The van der Waals surface area contributed by atoms with Gasteiger partial charge in [-0.15, -0.1) is 0 Å². The van der Waals surface area contributed by atoms with Gasteiger partial charge in [0.25, 0.3) is 0 Å². The van der Waals surface area contributed by atoms with Crippen LogP contribution in [0.5, 0.6) is 0 Å². The monoisotopic (exact) mass is 435 g/mol. The van der Waals surface area contributed by atoms with E-state index >= 15 is 0 Å². The number of alkyl halides is 1. The van der Waals surface area contributed by atoms with Crippen LogP contribution in [0, 0.1) is 0 Å². The third-order valence-corrected chi connectivity index (χ3v) is 6.80. The Labute approximate surface area is 146 Å². The Morgan fingerprint density at radius 2 is 1.86 bits per heavy atom. The number of benzene rings is 1. The molecule has 0 amide bonds. The minimum Gasteiger partial charge on any atom is -0.297 e. The molecule has 0 aliphatic carbocycles. The van der Waals surface area contributed by atoms with Gasteiger partial charge in [0.2, 0.25) is 0 Å². The summed E-state index contributed by atoms with van der Waals surface area (Å²) in [4.78, 5) is 0. The summed E-state index contributed by atoms with van der Waals surface area (Å²) in [5.41, 5.74) is 1.14. The fraction of sp³-hybridized carbons (Fsp3) is 0.500. The smallest absolute Gasteiger partial charge is 0.297 e. The molecule has 1 aromatic rings. The maximum atomic E-state index is 13.4. The van der Waals surface area contributed by atoms with E-state index in [9.17, 15) is 4.57 Å². The van der Waals surface area contributed by atoms with E-state index in [1.54, 1.807) is 0 Å². The summed E-state index contributed by atoms with van der Waals surface area (Å²) in [7, 11) is -3.31. The van der Waals surface area contributed by atoms with Crippen LogP contribution in [-0.2, 0) is 13.6 Å². The lowest BCUT2D eigenvalue weighted by Crippen LogP contribution is -2.39. The lowest BCUT2D eigenvalue weighted by molar-refractivity contribution is 0.135. The predicted octanol–water partition coefficient (Wildman–Crippen LogP) is 4.97. The second-order valence-electron chi connectivity index (χ2n) is 5.00. The van der Waals surface area contributed by atoms with Crippen molar-refractivity contribution in [1.82, 2.24) is 4.67 Å². The molecule has 1 aliphatic rings. The molecule has 6 heteroatoms. The Hall–Kier alpha value is -0.200. The molecule has 1 aromatic carbocycles. The summed E-state index contributed by atoms with van der Waals surface area (Å²) < 4.78 is 27.4. The summed E-state index contributed by atoms with van der Waals surface area (Å²) in [6.45, 7) is 4.43. The van der Waals surface area contributed by atoms with Crippen LogP contribution in [0.2, 0.25) is 0 Å². The second-order valence-corrected chi connectivity index (χ2v) is 7.79. The van der Waals surface area contributed by atoms with E-state index in [2.05, 4.69) is 46.9 Å². The van der Waals surface area contributed by atoms with E-state index in [0.29, 0.717) is 13.2 Å². The van der Waals surface area contributed by atoms with Crippen LogP contribution in [0.4, 0.5) is 0 Å². The van der Waals surface area contributed by atoms with Crippen LogP contribution in [0.15, 0.2) is 42.5 Å². The molecule has 0 aromatic heterocycles. The van der Waals surface area contributed by atoms with Crippen molar-refractivity contribution >= 4 is 30.3 Å². The van der Waals surface area contributed by atoms with Crippen LogP contribution in [0.25, 0.3) is 0 Å². The highest BCUT2D eigenvalue weighted by molar-refractivity contribution is 14.1. The van der Waals surface area contributed by atoms with Crippen molar-refractivity contribution in [3.63, 3.8) is 0 Å². The highest BCUT2D eigenvalue weighted by atomic mass is 127. The van der Waals surface area contributed by atoms with Gasteiger partial charge >= 0.3 is 7.75 Å². The topological polar surface area (TPSA) is 38.8 Å². The zero-order valence-electron chi connectivity index (χ0n) is 13.0. The van der Waals surface area contributed by atoms with Crippen molar-refractivity contribution < 1.29 is 13.6 Å². The summed E-state index contributed by atoms with van der Waals surface area (Å²) in [5.74, 6) is 0. The predicted molar refractivity (Wildman–Crippen MR) is 98.3 cm³/mol. The number of halogens is 1. The minimum absolute atomic E-state index is 0.00917. The van der Waals surface area contributed by atoms with Crippen LogP contribution in [0.3, 0.4) is 0 Å². The summed E-state index contributed by atoms with van der Waals surface area (Å²) in [6.07, 6.45) is 5.08. The van der Waals surface area contributed by atoms with E-state index in [-0.39, 0.29) is 12.1 Å². The lowest BCUT2D eigenvalue weighted by atomic mass is 9.99. The second kappa shape index (κ2) is 8.60. The molecule has 0 saturated heterocycles. The van der Waals surface area contributed by atoms with E-state index < -0.39 is 7.75 Å². The van der Waals surface area contributed by atoms with E-state index in [0.717, 1.165) is 16.4 Å². The van der Waals surface area contributed by atoms with Crippen LogP contribution >= 0.6 is 30.3 Å². The molecule has 2 atom stereocenters. The highest BCUT2D eigenvalue weighted by Gasteiger charge is 2.43. The Kier molecular flexibility index (Phi) is 7.09. The highest BCUT2D eigenvalue weighted by Crippen LogP contribution is 2.59. The first-order valence-corrected chi connectivity index (χ1v) is 10.6. The van der Waals surface area contributed by atoms with Gasteiger partial charge in [-0.3, -0.25) is 9.05 Å². The van der Waals surface area contributed by atoms with E-state index in [1.165, 1.54) is 0 Å². The van der Waals surface area contributed by atoms with Gasteiger partial charge in [0, 0.05) is 16.5 Å². The zero-order chi connectivity index (χ0) is 16.0. The molecule has 22 heavy (non-hydrogen) atoms. The number of hydrogen-bond acceptors (Lipinski definition) is 3. The number of nitrogens with zero attached hydrogens (tertiary/aromatic N) is 1. The molecule has 0 saturated carbocycles. The normalized spacial score (nSPS) is 22.9. The Bertz CT molecular complexity index is 527. The maximum absolute atomic E-state index is 13.4. The van der Waals surface area contributed by atoms with Gasteiger partial charge in [0.15, 0.2) is 0 Å². The molecule has 0 unspecified atom stereocenters. The van der Waals surface area contributed by atoms with Crippen molar-refractivity contribution in [3.05, 3.63) is 48.0 Å². The van der Waals surface area contributed by atoms with Gasteiger partial charge in [0.1, 0.15) is 0 Å². The van der Waals surface area contributed by atoms with Crippen LogP contribution in [0.1, 0.15) is 31.9 Å². The fourth-order valence-electron chi connectivity index (χ4n) is 2.73. The summed E-state index contributed by atoms with van der Waals surface area (Å²) in [5, 5.41) is 0. The van der Waals surface area contributed by atoms with E-state index in [4.69, 9.17) is 9.05 Å². The van der Waals surface area contributed by atoms with Gasteiger partial charge in [0.05, 0.1) is 13.2 Å².